The number of hydrazone groups is 1. The Kier molecular flexibility index (Phi) is 8.30. The summed E-state index contributed by atoms with van der Waals surface area (Å²) in [6.07, 6.45) is 3.75. The molecule has 29 heavy (non-hydrogen) atoms. The molecule has 0 heterocycles. The van der Waals surface area contributed by atoms with Crippen LogP contribution in [0.5, 0.6) is 11.5 Å². The molecule has 0 aliphatic carbocycles. The van der Waals surface area contributed by atoms with Crippen molar-refractivity contribution in [1.29, 1.82) is 0 Å². The molecule has 2 atom stereocenters. The highest BCUT2D eigenvalue weighted by Crippen LogP contribution is 2.43. The molecule has 2 aromatic rings. The number of hydrogen-bond acceptors (Lipinski definition) is 5. The third-order valence-corrected chi connectivity index (χ3v) is 7.94. The Morgan fingerprint density at radius 2 is 1.66 bits per heavy atom. The molecule has 0 bridgehead atoms. The van der Waals surface area contributed by atoms with E-state index in [0.717, 1.165) is 24.0 Å². The van der Waals surface area contributed by atoms with Crippen LogP contribution in [0.4, 0.5) is 0 Å². The fraction of sp³-hybridized carbons (Fsp3) is 0.364. The van der Waals surface area contributed by atoms with Crippen LogP contribution in [0.3, 0.4) is 0 Å². The maximum atomic E-state index is 10.8. The van der Waals surface area contributed by atoms with Crippen molar-refractivity contribution in [3.05, 3.63) is 59.7 Å². The van der Waals surface area contributed by atoms with Crippen LogP contribution in [0, 0.1) is 0 Å². The van der Waals surface area contributed by atoms with Gasteiger partial charge in [0.15, 0.2) is 11.8 Å². The standard InChI is InChI=1S/C22H28N2O3PS/c1-6-17(2)26-20-11-7-18(8-12-20)15-23-24(5)28(29)22(3,4)27-21-13-9-19(16-25)10-14-21/h7-17H,6H2,1-5H3/q+1/b23-15+. The SMILES string of the molecule is CCC(C)Oc1ccc(/C=N/N(C)[P+](=S)C(C)(C)Oc2ccc(C=O)cc2)cc1. The zero-order valence-corrected chi connectivity index (χ0v) is 19.2. The molecule has 0 saturated carbocycles. The summed E-state index contributed by atoms with van der Waals surface area (Å²) in [5, 5.41) is 3.90. The normalized spacial score (nSPS) is 13.1. The first-order chi connectivity index (χ1) is 13.7. The molecule has 0 aliphatic heterocycles. The molecule has 0 aliphatic rings. The van der Waals surface area contributed by atoms with Crippen molar-refractivity contribution >= 4 is 31.2 Å². The van der Waals surface area contributed by atoms with E-state index in [1.165, 1.54) is 0 Å². The van der Waals surface area contributed by atoms with Gasteiger partial charge in [-0.1, -0.05) is 6.92 Å². The minimum Gasteiger partial charge on any atom is -0.491 e. The molecule has 2 aromatic carbocycles. The molecule has 7 heteroatoms. The van der Waals surface area contributed by atoms with Crippen LogP contribution in [-0.4, -0.2) is 35.8 Å². The zero-order chi connectivity index (χ0) is 21.4. The van der Waals surface area contributed by atoms with E-state index in [9.17, 15) is 4.79 Å². The molecule has 154 valence electrons. The van der Waals surface area contributed by atoms with Crippen molar-refractivity contribution in [2.24, 2.45) is 5.10 Å². The summed E-state index contributed by atoms with van der Waals surface area (Å²) in [4.78, 5) is 10.8. The van der Waals surface area contributed by atoms with Gasteiger partial charge in [-0.05, 0) is 67.4 Å². The van der Waals surface area contributed by atoms with Crippen LogP contribution in [0.2, 0.25) is 0 Å². The molecule has 0 saturated heterocycles. The van der Waals surface area contributed by atoms with Crippen molar-refractivity contribution in [2.45, 2.75) is 45.6 Å². The topological polar surface area (TPSA) is 51.1 Å². The van der Waals surface area contributed by atoms with Crippen LogP contribution in [-0.2, 0) is 11.8 Å². The summed E-state index contributed by atoms with van der Waals surface area (Å²) >= 11 is 5.72. The van der Waals surface area contributed by atoms with E-state index in [1.54, 1.807) is 35.3 Å². The maximum Gasteiger partial charge on any atom is 0.358 e. The molecular weight excluding hydrogens is 403 g/mol. The molecule has 0 aromatic heterocycles. The van der Waals surface area contributed by atoms with Gasteiger partial charge in [-0.3, -0.25) is 4.79 Å². The summed E-state index contributed by atoms with van der Waals surface area (Å²) in [5.74, 6) is 1.53. The highest BCUT2D eigenvalue weighted by molar-refractivity contribution is 8.04. The molecule has 0 fully saturated rings. The van der Waals surface area contributed by atoms with Crippen molar-refractivity contribution < 1.29 is 14.3 Å². The Balaban J connectivity index is 1.99. The Morgan fingerprint density at radius 3 is 2.21 bits per heavy atom. The molecule has 0 amide bonds. The van der Waals surface area contributed by atoms with Gasteiger partial charge in [-0.2, -0.15) is 0 Å². The third-order valence-electron chi connectivity index (χ3n) is 4.27. The molecule has 5 nitrogen and oxygen atoms in total. The highest BCUT2D eigenvalue weighted by Gasteiger charge is 2.41. The predicted octanol–water partition coefficient (Wildman–Crippen LogP) is 5.62. The third kappa shape index (κ3) is 6.91. The lowest BCUT2D eigenvalue weighted by Gasteiger charge is -2.20. The second kappa shape index (κ2) is 10.5. The molecule has 0 spiro atoms. The summed E-state index contributed by atoms with van der Waals surface area (Å²) < 4.78 is 13.6. The first kappa shape index (κ1) is 23.0. The van der Waals surface area contributed by atoms with E-state index in [2.05, 4.69) is 18.9 Å². The Bertz CT molecular complexity index is 851. The minimum atomic E-state index is -1.13. The molecule has 2 unspecified atom stereocenters. The zero-order valence-electron chi connectivity index (χ0n) is 17.5. The second-order valence-electron chi connectivity index (χ2n) is 7.15. The van der Waals surface area contributed by atoms with Gasteiger partial charge in [0, 0.05) is 19.4 Å². The lowest BCUT2D eigenvalue weighted by atomic mass is 10.2. The second-order valence-corrected chi connectivity index (χ2v) is 10.4. The number of ether oxygens (including phenoxy) is 2. The van der Waals surface area contributed by atoms with Crippen molar-refractivity contribution in [2.75, 3.05) is 7.05 Å². The number of rotatable bonds is 10. The number of aldehydes is 1. The predicted molar refractivity (Wildman–Crippen MR) is 123 cm³/mol. The van der Waals surface area contributed by atoms with Crippen LogP contribution >= 0.6 is 6.85 Å². The largest absolute Gasteiger partial charge is 0.491 e. The van der Waals surface area contributed by atoms with E-state index in [1.807, 2.05) is 45.2 Å². The van der Waals surface area contributed by atoms with Gasteiger partial charge < -0.3 is 9.47 Å². The van der Waals surface area contributed by atoms with Crippen LogP contribution in [0.25, 0.3) is 0 Å². The van der Waals surface area contributed by atoms with E-state index in [0.29, 0.717) is 11.3 Å². The quantitative estimate of drug-likeness (QED) is 0.212. The van der Waals surface area contributed by atoms with Gasteiger partial charge in [-0.25, -0.2) is 0 Å². The number of carbonyl (C=O) groups is 1. The van der Waals surface area contributed by atoms with Gasteiger partial charge in [-0.15, -0.1) is 9.88 Å². The number of nitrogens with zero attached hydrogens (tertiary/aromatic N) is 2. The van der Waals surface area contributed by atoms with Crippen LogP contribution < -0.4 is 9.47 Å². The summed E-state index contributed by atoms with van der Waals surface area (Å²) in [6.45, 7) is 6.92. The fourth-order valence-corrected chi connectivity index (χ4v) is 3.70. The number of carbonyl (C=O) groups excluding carboxylic acids is 1. The summed E-state index contributed by atoms with van der Waals surface area (Å²) in [6, 6.07) is 14.8. The lowest BCUT2D eigenvalue weighted by molar-refractivity contribution is 0.112. The maximum absolute atomic E-state index is 10.8. The summed E-state index contributed by atoms with van der Waals surface area (Å²) in [7, 11) is 1.86. The first-order valence-corrected chi connectivity index (χ1v) is 11.8. The smallest absolute Gasteiger partial charge is 0.358 e. The van der Waals surface area contributed by atoms with Crippen molar-refractivity contribution in [3.63, 3.8) is 0 Å². The highest BCUT2D eigenvalue weighted by atomic mass is 32.4. The van der Waals surface area contributed by atoms with Gasteiger partial charge in [0.2, 0.25) is 0 Å². The summed E-state index contributed by atoms with van der Waals surface area (Å²) in [5.41, 5.74) is 1.58. The molecule has 0 radical (unpaired) electrons. The van der Waals surface area contributed by atoms with E-state index in [-0.39, 0.29) is 6.10 Å². The lowest BCUT2D eigenvalue weighted by Crippen LogP contribution is -2.27. The van der Waals surface area contributed by atoms with Gasteiger partial charge in [0.25, 0.3) is 5.34 Å². The monoisotopic (exact) mass is 431 g/mol. The van der Waals surface area contributed by atoms with E-state index >= 15 is 0 Å². The average molecular weight is 432 g/mol. The van der Waals surface area contributed by atoms with Crippen LogP contribution in [0.1, 0.15) is 50.0 Å². The number of benzene rings is 2. The number of hydrogen-bond donors (Lipinski definition) is 0. The van der Waals surface area contributed by atoms with Crippen molar-refractivity contribution in [3.8, 4) is 11.5 Å². The Morgan fingerprint density at radius 1 is 1.10 bits per heavy atom. The molecular formula is C22H28N2O3PS+. The molecule has 0 N–H and O–H groups in total. The molecule has 2 rings (SSSR count). The Hall–Kier alpha value is -2.30. The van der Waals surface area contributed by atoms with Crippen molar-refractivity contribution in [1.82, 2.24) is 4.78 Å². The Labute approximate surface area is 179 Å². The van der Waals surface area contributed by atoms with E-state index < -0.39 is 12.2 Å². The minimum absolute atomic E-state index is 0.196. The fourth-order valence-electron chi connectivity index (χ4n) is 2.44. The first-order valence-electron chi connectivity index (χ1n) is 9.51. The average Bonchev–Trinajstić information content (AvgIpc) is 2.72. The van der Waals surface area contributed by atoms with E-state index in [4.69, 9.17) is 21.3 Å². The van der Waals surface area contributed by atoms with Crippen LogP contribution in [0.15, 0.2) is 53.6 Å². The van der Waals surface area contributed by atoms with Gasteiger partial charge >= 0.3 is 6.85 Å². The van der Waals surface area contributed by atoms with Gasteiger partial charge in [0.1, 0.15) is 17.8 Å². The van der Waals surface area contributed by atoms with Gasteiger partial charge in [0.05, 0.1) is 19.4 Å².